The summed E-state index contributed by atoms with van der Waals surface area (Å²) in [5, 5.41) is 5.00. The van der Waals surface area contributed by atoms with Crippen molar-refractivity contribution in [2.24, 2.45) is 5.92 Å². The summed E-state index contributed by atoms with van der Waals surface area (Å²) in [4.78, 5) is 37.2. The van der Waals surface area contributed by atoms with E-state index in [4.69, 9.17) is 0 Å². The first-order valence-electron chi connectivity index (χ1n) is 10.9. The van der Waals surface area contributed by atoms with Crippen LogP contribution in [0.25, 0.3) is 0 Å². The molecule has 0 unspecified atom stereocenters. The Morgan fingerprint density at radius 2 is 1.87 bits per heavy atom. The number of rotatable bonds is 7. The summed E-state index contributed by atoms with van der Waals surface area (Å²) in [6.45, 7) is 9.94. The third-order valence-corrected chi connectivity index (χ3v) is 6.86. The summed E-state index contributed by atoms with van der Waals surface area (Å²) in [5.74, 6) is 1.49. The van der Waals surface area contributed by atoms with Gasteiger partial charge in [-0.1, -0.05) is 0 Å². The first kappa shape index (κ1) is 22.4. The first-order chi connectivity index (χ1) is 14.4. The minimum atomic E-state index is 0.0139. The number of aromatic nitrogens is 2. The highest BCUT2D eigenvalue weighted by atomic mass is 32.1. The van der Waals surface area contributed by atoms with Gasteiger partial charge in [0.2, 0.25) is 0 Å². The van der Waals surface area contributed by atoms with Crippen LogP contribution in [0.3, 0.4) is 0 Å². The van der Waals surface area contributed by atoms with Gasteiger partial charge in [0.1, 0.15) is 5.82 Å². The number of carbonyl (C=O) groups excluding carboxylic acids is 2. The standard InChI is InChI=1S/C23H32N4O2S/c1-5-27(6-2)23(29)20-13-24-16(4)26-21(20)18-9-7-17(8-10-18)12-25-22(28)19-11-15(3)30-14-19/h11,13-14,17-18H,5-10,12H2,1-4H3,(H,25,28). The molecule has 2 heterocycles. The highest BCUT2D eigenvalue weighted by molar-refractivity contribution is 7.10. The zero-order valence-corrected chi connectivity index (χ0v) is 19.2. The lowest BCUT2D eigenvalue weighted by Gasteiger charge is -2.30. The van der Waals surface area contributed by atoms with E-state index in [1.807, 2.05) is 44.0 Å². The van der Waals surface area contributed by atoms with E-state index in [1.165, 1.54) is 0 Å². The van der Waals surface area contributed by atoms with Crippen molar-refractivity contribution in [3.63, 3.8) is 0 Å². The van der Waals surface area contributed by atoms with Crippen molar-refractivity contribution in [2.75, 3.05) is 19.6 Å². The third kappa shape index (κ3) is 5.25. The molecule has 0 aliphatic heterocycles. The molecule has 0 aromatic carbocycles. The van der Waals surface area contributed by atoms with Crippen LogP contribution < -0.4 is 5.32 Å². The molecule has 0 bridgehead atoms. The largest absolute Gasteiger partial charge is 0.352 e. The fourth-order valence-electron chi connectivity index (χ4n) is 4.19. The summed E-state index contributed by atoms with van der Waals surface area (Å²) < 4.78 is 0. The normalized spacial score (nSPS) is 18.8. The molecule has 162 valence electrons. The van der Waals surface area contributed by atoms with Crippen molar-refractivity contribution < 1.29 is 9.59 Å². The van der Waals surface area contributed by atoms with Crippen LogP contribution in [0, 0.1) is 19.8 Å². The Morgan fingerprint density at radius 1 is 1.17 bits per heavy atom. The Hall–Kier alpha value is -2.28. The van der Waals surface area contributed by atoms with E-state index in [2.05, 4.69) is 15.3 Å². The summed E-state index contributed by atoms with van der Waals surface area (Å²) in [6, 6.07) is 1.93. The summed E-state index contributed by atoms with van der Waals surface area (Å²) in [5.41, 5.74) is 2.30. The van der Waals surface area contributed by atoms with Gasteiger partial charge in [-0.15, -0.1) is 11.3 Å². The number of hydrogen-bond acceptors (Lipinski definition) is 5. The second-order valence-electron chi connectivity index (χ2n) is 8.07. The number of thiophene rings is 1. The molecule has 30 heavy (non-hydrogen) atoms. The van der Waals surface area contributed by atoms with Crippen LogP contribution in [0.5, 0.6) is 0 Å². The minimum Gasteiger partial charge on any atom is -0.352 e. The van der Waals surface area contributed by atoms with Crippen LogP contribution in [-0.2, 0) is 0 Å². The number of amides is 2. The van der Waals surface area contributed by atoms with Gasteiger partial charge >= 0.3 is 0 Å². The maximum absolute atomic E-state index is 13.0. The molecular weight excluding hydrogens is 396 g/mol. The molecule has 1 aliphatic carbocycles. The lowest BCUT2D eigenvalue weighted by Crippen LogP contribution is -2.33. The van der Waals surface area contributed by atoms with Crippen molar-refractivity contribution in [2.45, 2.75) is 59.3 Å². The monoisotopic (exact) mass is 428 g/mol. The van der Waals surface area contributed by atoms with E-state index < -0.39 is 0 Å². The van der Waals surface area contributed by atoms with Gasteiger partial charge in [0.15, 0.2) is 0 Å². The van der Waals surface area contributed by atoms with E-state index in [-0.39, 0.29) is 17.7 Å². The van der Waals surface area contributed by atoms with Crippen LogP contribution >= 0.6 is 11.3 Å². The van der Waals surface area contributed by atoms with Crippen LogP contribution in [-0.4, -0.2) is 46.3 Å². The SMILES string of the molecule is CCN(CC)C(=O)c1cnc(C)nc1C1CCC(CNC(=O)c2csc(C)c2)CC1. The fourth-order valence-corrected chi connectivity index (χ4v) is 4.87. The van der Waals surface area contributed by atoms with Crippen LogP contribution in [0.2, 0.25) is 0 Å². The molecule has 7 heteroatoms. The van der Waals surface area contributed by atoms with Crippen molar-refractivity contribution in [3.05, 3.63) is 45.2 Å². The van der Waals surface area contributed by atoms with Crippen molar-refractivity contribution in [3.8, 4) is 0 Å². The molecule has 2 aromatic heterocycles. The Kier molecular flexibility index (Phi) is 7.58. The van der Waals surface area contributed by atoms with Gasteiger partial charge in [-0.05, 0) is 65.4 Å². The van der Waals surface area contributed by atoms with Gasteiger partial charge in [-0.2, -0.15) is 0 Å². The average molecular weight is 429 g/mol. The molecule has 2 aromatic rings. The predicted molar refractivity (Wildman–Crippen MR) is 120 cm³/mol. The molecule has 1 saturated carbocycles. The maximum Gasteiger partial charge on any atom is 0.257 e. The Morgan fingerprint density at radius 3 is 2.47 bits per heavy atom. The van der Waals surface area contributed by atoms with Gasteiger partial charge in [-0.3, -0.25) is 9.59 Å². The smallest absolute Gasteiger partial charge is 0.257 e. The van der Waals surface area contributed by atoms with E-state index in [0.29, 0.717) is 36.9 Å². The molecule has 0 radical (unpaired) electrons. The number of hydrogen-bond donors (Lipinski definition) is 1. The zero-order chi connectivity index (χ0) is 21.7. The number of carbonyl (C=O) groups is 2. The molecule has 3 rings (SSSR count). The summed E-state index contributed by atoms with van der Waals surface area (Å²) in [7, 11) is 0. The molecule has 0 spiro atoms. The quantitative estimate of drug-likeness (QED) is 0.712. The Balaban J connectivity index is 1.61. The van der Waals surface area contributed by atoms with E-state index in [1.54, 1.807) is 17.5 Å². The lowest BCUT2D eigenvalue weighted by molar-refractivity contribution is 0.0769. The highest BCUT2D eigenvalue weighted by Crippen LogP contribution is 2.36. The van der Waals surface area contributed by atoms with Gasteiger partial charge in [0.05, 0.1) is 16.8 Å². The second-order valence-corrected chi connectivity index (χ2v) is 9.18. The van der Waals surface area contributed by atoms with Gasteiger partial charge in [0, 0.05) is 42.0 Å². The minimum absolute atomic E-state index is 0.0139. The molecule has 1 N–H and O–H groups in total. The Bertz CT molecular complexity index is 883. The fraction of sp³-hybridized carbons (Fsp3) is 0.565. The average Bonchev–Trinajstić information content (AvgIpc) is 3.19. The second kappa shape index (κ2) is 10.2. The van der Waals surface area contributed by atoms with E-state index >= 15 is 0 Å². The maximum atomic E-state index is 13.0. The van der Waals surface area contributed by atoms with Crippen molar-refractivity contribution in [1.29, 1.82) is 0 Å². The molecule has 0 saturated heterocycles. The first-order valence-corrected chi connectivity index (χ1v) is 11.8. The molecule has 0 atom stereocenters. The van der Waals surface area contributed by atoms with Crippen molar-refractivity contribution >= 4 is 23.2 Å². The van der Waals surface area contributed by atoms with Gasteiger partial charge in [0.25, 0.3) is 11.8 Å². The molecule has 1 fully saturated rings. The predicted octanol–water partition coefficient (Wildman–Crippen LogP) is 4.34. The highest BCUT2D eigenvalue weighted by Gasteiger charge is 2.28. The van der Waals surface area contributed by atoms with Crippen molar-refractivity contribution in [1.82, 2.24) is 20.2 Å². The number of aryl methyl sites for hydroxylation is 2. The number of nitrogens with zero attached hydrogens (tertiary/aromatic N) is 3. The lowest BCUT2D eigenvalue weighted by atomic mass is 9.79. The van der Waals surface area contributed by atoms with E-state index in [9.17, 15) is 9.59 Å². The van der Waals surface area contributed by atoms with Gasteiger partial charge < -0.3 is 10.2 Å². The number of nitrogens with one attached hydrogen (secondary N) is 1. The zero-order valence-electron chi connectivity index (χ0n) is 18.4. The molecule has 1 aliphatic rings. The van der Waals surface area contributed by atoms with E-state index in [0.717, 1.165) is 41.8 Å². The van der Waals surface area contributed by atoms with Gasteiger partial charge in [-0.25, -0.2) is 9.97 Å². The Labute approximate surface area is 183 Å². The topological polar surface area (TPSA) is 75.2 Å². The molecular formula is C23H32N4O2S. The molecule has 2 amide bonds. The van der Waals surface area contributed by atoms with Crippen LogP contribution in [0.1, 0.15) is 82.6 Å². The van der Waals surface area contributed by atoms with Crippen LogP contribution in [0.15, 0.2) is 17.6 Å². The third-order valence-electron chi connectivity index (χ3n) is 6.00. The summed E-state index contributed by atoms with van der Waals surface area (Å²) >= 11 is 1.60. The summed E-state index contributed by atoms with van der Waals surface area (Å²) in [6.07, 6.45) is 5.71. The molecule has 6 nitrogen and oxygen atoms in total. The van der Waals surface area contributed by atoms with Crippen LogP contribution in [0.4, 0.5) is 0 Å².